The quantitative estimate of drug-likeness (QED) is 0.704. The summed E-state index contributed by atoms with van der Waals surface area (Å²) < 4.78 is 0. The molecule has 1 heteroatoms. The highest BCUT2D eigenvalue weighted by molar-refractivity contribution is 5.35. The van der Waals surface area contributed by atoms with E-state index >= 15 is 0 Å². The van der Waals surface area contributed by atoms with Crippen LogP contribution < -0.4 is 5.73 Å². The van der Waals surface area contributed by atoms with E-state index in [0.717, 1.165) is 18.5 Å². The van der Waals surface area contributed by atoms with Crippen molar-refractivity contribution in [1.82, 2.24) is 0 Å². The van der Waals surface area contributed by atoms with Gasteiger partial charge in [-0.2, -0.15) is 0 Å². The van der Waals surface area contributed by atoms with E-state index in [9.17, 15) is 0 Å². The first-order chi connectivity index (χ1) is 7.66. The minimum absolute atomic E-state index is 0.421. The molecule has 1 nitrogen and oxygen atoms in total. The second-order valence-electron chi connectivity index (χ2n) is 4.68. The Morgan fingerprint density at radius 1 is 1.25 bits per heavy atom. The van der Waals surface area contributed by atoms with Crippen LogP contribution in [0.4, 0.5) is 0 Å². The molecule has 1 aromatic carbocycles. The van der Waals surface area contributed by atoms with E-state index in [-0.39, 0.29) is 0 Å². The molecule has 84 valence electrons. The van der Waals surface area contributed by atoms with Crippen molar-refractivity contribution in [3.05, 3.63) is 58.8 Å². The first-order valence-electron chi connectivity index (χ1n) is 5.87. The van der Waals surface area contributed by atoms with Gasteiger partial charge < -0.3 is 5.73 Å². The summed E-state index contributed by atoms with van der Waals surface area (Å²) in [6.45, 7) is 4.33. The van der Waals surface area contributed by atoms with Crippen molar-refractivity contribution >= 4 is 0 Å². The van der Waals surface area contributed by atoms with Crippen molar-refractivity contribution in [3.63, 3.8) is 0 Å². The standard InChI is InChI=1S/C15H19N/c1-11-7-8-14-10-12(2)15(16)6-4-3-5-13(14)9-11/h3-4,6-9,12H,5,10,16H2,1-2H3/b4-3-,15-6-. The number of rotatable bonds is 0. The molecule has 0 aromatic heterocycles. The molecule has 0 saturated heterocycles. The van der Waals surface area contributed by atoms with Gasteiger partial charge in [0.1, 0.15) is 0 Å². The summed E-state index contributed by atoms with van der Waals surface area (Å²) >= 11 is 0. The van der Waals surface area contributed by atoms with Crippen LogP contribution in [0.2, 0.25) is 0 Å². The molecule has 2 N–H and O–H groups in total. The first kappa shape index (κ1) is 11.0. The zero-order valence-electron chi connectivity index (χ0n) is 10.0. The van der Waals surface area contributed by atoms with Crippen LogP contribution in [-0.4, -0.2) is 0 Å². The molecule has 0 saturated carbocycles. The third kappa shape index (κ3) is 2.35. The van der Waals surface area contributed by atoms with Crippen molar-refractivity contribution < 1.29 is 0 Å². The summed E-state index contributed by atoms with van der Waals surface area (Å²) in [6.07, 6.45) is 8.34. The second-order valence-corrected chi connectivity index (χ2v) is 4.68. The summed E-state index contributed by atoms with van der Waals surface area (Å²) in [5.41, 5.74) is 11.2. The van der Waals surface area contributed by atoms with Crippen LogP contribution in [0.3, 0.4) is 0 Å². The van der Waals surface area contributed by atoms with Gasteiger partial charge in [0, 0.05) is 5.70 Å². The van der Waals surface area contributed by atoms with Crippen molar-refractivity contribution in [2.24, 2.45) is 11.7 Å². The van der Waals surface area contributed by atoms with Crippen LogP contribution in [0.15, 0.2) is 42.1 Å². The maximum Gasteiger partial charge on any atom is 0.0112 e. The Hall–Kier alpha value is -1.50. The number of benzene rings is 1. The highest BCUT2D eigenvalue weighted by Gasteiger charge is 2.10. The number of aryl methyl sites for hydroxylation is 1. The van der Waals surface area contributed by atoms with Crippen LogP contribution >= 0.6 is 0 Å². The van der Waals surface area contributed by atoms with Gasteiger partial charge in [-0.3, -0.25) is 0 Å². The Morgan fingerprint density at radius 3 is 2.88 bits per heavy atom. The molecule has 2 rings (SSSR count). The third-order valence-electron chi connectivity index (χ3n) is 3.22. The van der Waals surface area contributed by atoms with Gasteiger partial charge in [-0.25, -0.2) is 0 Å². The van der Waals surface area contributed by atoms with Crippen LogP contribution in [0, 0.1) is 12.8 Å². The molecule has 0 heterocycles. The van der Waals surface area contributed by atoms with E-state index in [1.54, 1.807) is 0 Å². The molecular weight excluding hydrogens is 194 g/mol. The smallest absolute Gasteiger partial charge is 0.0112 e. The lowest BCUT2D eigenvalue weighted by molar-refractivity contribution is 0.666. The normalized spacial score (nSPS) is 25.6. The molecule has 0 amide bonds. The lowest BCUT2D eigenvalue weighted by Crippen LogP contribution is -2.11. The molecule has 16 heavy (non-hydrogen) atoms. The summed E-state index contributed by atoms with van der Waals surface area (Å²) in [5, 5.41) is 0. The van der Waals surface area contributed by atoms with Gasteiger partial charge in [0.05, 0.1) is 0 Å². The van der Waals surface area contributed by atoms with E-state index in [0.29, 0.717) is 5.92 Å². The molecule has 1 aromatic rings. The van der Waals surface area contributed by atoms with E-state index in [1.165, 1.54) is 16.7 Å². The monoisotopic (exact) mass is 213 g/mol. The maximum absolute atomic E-state index is 6.01. The minimum Gasteiger partial charge on any atom is -0.402 e. The van der Waals surface area contributed by atoms with Gasteiger partial charge >= 0.3 is 0 Å². The Morgan fingerprint density at radius 2 is 2.06 bits per heavy atom. The molecule has 0 fully saturated rings. The highest BCUT2D eigenvalue weighted by Crippen LogP contribution is 2.20. The molecule has 1 aliphatic carbocycles. The van der Waals surface area contributed by atoms with Crippen LogP contribution in [0.25, 0.3) is 0 Å². The highest BCUT2D eigenvalue weighted by atomic mass is 14.6. The topological polar surface area (TPSA) is 26.0 Å². The first-order valence-corrected chi connectivity index (χ1v) is 5.87. The average molecular weight is 213 g/mol. The number of hydrogen-bond donors (Lipinski definition) is 1. The predicted octanol–water partition coefficient (Wildman–Crippen LogP) is 3.13. The number of allylic oxidation sites excluding steroid dienone is 4. The fourth-order valence-electron chi connectivity index (χ4n) is 2.13. The lowest BCUT2D eigenvalue weighted by Gasteiger charge is -2.14. The van der Waals surface area contributed by atoms with Gasteiger partial charge in [-0.15, -0.1) is 0 Å². The molecule has 1 unspecified atom stereocenters. The van der Waals surface area contributed by atoms with Crippen LogP contribution in [0.1, 0.15) is 23.6 Å². The Bertz CT molecular complexity index is 441. The molecular formula is C15H19N. The fraction of sp³-hybridized carbons (Fsp3) is 0.333. The molecule has 1 aliphatic rings. The lowest BCUT2D eigenvalue weighted by atomic mass is 9.93. The molecule has 0 spiro atoms. The Balaban J connectivity index is 2.39. The Labute approximate surface area is 97.7 Å². The Kier molecular flexibility index (Phi) is 3.14. The summed E-state index contributed by atoms with van der Waals surface area (Å²) in [4.78, 5) is 0. The summed E-state index contributed by atoms with van der Waals surface area (Å²) in [5.74, 6) is 0.421. The number of fused-ring (bicyclic) bond motifs is 1. The average Bonchev–Trinajstić information content (AvgIpc) is 2.32. The minimum atomic E-state index is 0.421. The van der Waals surface area contributed by atoms with E-state index in [2.05, 4.69) is 44.2 Å². The predicted molar refractivity (Wildman–Crippen MR) is 69.2 cm³/mol. The van der Waals surface area contributed by atoms with Crippen molar-refractivity contribution in [1.29, 1.82) is 0 Å². The zero-order valence-corrected chi connectivity index (χ0v) is 10.0. The molecule has 0 radical (unpaired) electrons. The summed E-state index contributed by atoms with van der Waals surface area (Å²) in [6, 6.07) is 6.72. The van der Waals surface area contributed by atoms with Gasteiger partial charge in [0.2, 0.25) is 0 Å². The van der Waals surface area contributed by atoms with Crippen molar-refractivity contribution in [2.75, 3.05) is 0 Å². The number of nitrogens with two attached hydrogens (primary N) is 1. The largest absolute Gasteiger partial charge is 0.402 e. The SMILES string of the molecule is Cc1ccc2c(c1)C/C=C\C=C(/N)C(C)C2. The van der Waals surface area contributed by atoms with Gasteiger partial charge in [0.25, 0.3) is 0 Å². The van der Waals surface area contributed by atoms with E-state index in [1.807, 2.05) is 6.08 Å². The van der Waals surface area contributed by atoms with Crippen molar-refractivity contribution in [3.8, 4) is 0 Å². The van der Waals surface area contributed by atoms with Crippen molar-refractivity contribution in [2.45, 2.75) is 26.7 Å². The van der Waals surface area contributed by atoms with E-state index in [4.69, 9.17) is 5.73 Å². The van der Waals surface area contributed by atoms with Crippen LogP contribution in [0.5, 0.6) is 0 Å². The van der Waals surface area contributed by atoms with Gasteiger partial charge in [-0.05, 0) is 42.9 Å². The maximum atomic E-state index is 6.01. The molecule has 0 aliphatic heterocycles. The van der Waals surface area contributed by atoms with Gasteiger partial charge in [-0.1, -0.05) is 42.8 Å². The third-order valence-corrected chi connectivity index (χ3v) is 3.22. The molecule has 1 atom stereocenters. The fourth-order valence-corrected chi connectivity index (χ4v) is 2.13. The second kappa shape index (κ2) is 4.56. The zero-order chi connectivity index (χ0) is 11.5. The number of hydrogen-bond acceptors (Lipinski definition) is 1. The van der Waals surface area contributed by atoms with Crippen LogP contribution in [-0.2, 0) is 12.8 Å². The van der Waals surface area contributed by atoms with Gasteiger partial charge in [0.15, 0.2) is 0 Å². The summed E-state index contributed by atoms with van der Waals surface area (Å²) in [7, 11) is 0. The van der Waals surface area contributed by atoms with E-state index < -0.39 is 0 Å². The molecule has 0 bridgehead atoms.